The molecule has 0 radical (unpaired) electrons. The number of alkyl halides is 3. The Kier molecular flexibility index (Phi) is 6.10. The Morgan fingerprint density at radius 2 is 2.00 bits per heavy atom. The Hall–Kier alpha value is 0.970. The smallest absolute Gasteiger partial charge is 0.220 e. The second-order valence-electron chi connectivity index (χ2n) is 1.99. The lowest BCUT2D eigenvalue weighted by Gasteiger charge is -2.10. The van der Waals surface area contributed by atoms with Gasteiger partial charge in [0.05, 0.1) is 13.2 Å². The SMILES string of the molecule is C=C(COCC(Cl)(Cl)Cl)C(=O)I. The zero-order valence-electron chi connectivity index (χ0n) is 5.95. The highest BCUT2D eigenvalue weighted by Crippen LogP contribution is 2.26. The van der Waals surface area contributed by atoms with Crippen LogP contribution < -0.4 is 0 Å². The van der Waals surface area contributed by atoms with Gasteiger partial charge in [0.1, 0.15) is 0 Å². The van der Waals surface area contributed by atoms with Crippen molar-refractivity contribution in [3.8, 4) is 0 Å². The van der Waals surface area contributed by atoms with Gasteiger partial charge in [-0.1, -0.05) is 41.4 Å². The molecule has 0 rings (SSSR count). The summed E-state index contributed by atoms with van der Waals surface area (Å²) in [7, 11) is 0. The lowest BCUT2D eigenvalue weighted by atomic mass is 10.4. The molecule has 0 saturated carbocycles. The fraction of sp³-hybridized carbons (Fsp3) is 0.500. The minimum absolute atomic E-state index is 0.0550. The molecule has 0 aliphatic rings. The molecule has 0 aliphatic carbocycles. The topological polar surface area (TPSA) is 26.3 Å². The second kappa shape index (κ2) is 5.65. The summed E-state index contributed by atoms with van der Waals surface area (Å²) >= 11 is 17.8. The van der Waals surface area contributed by atoms with Crippen molar-refractivity contribution < 1.29 is 9.53 Å². The molecule has 0 aromatic heterocycles. The van der Waals surface area contributed by atoms with Crippen molar-refractivity contribution in [2.24, 2.45) is 0 Å². The quantitative estimate of drug-likeness (QED) is 0.340. The van der Waals surface area contributed by atoms with E-state index >= 15 is 0 Å². The second-order valence-corrected chi connectivity index (χ2v) is 5.48. The van der Waals surface area contributed by atoms with Crippen molar-refractivity contribution in [2.75, 3.05) is 13.2 Å². The first kappa shape index (κ1) is 13.0. The van der Waals surface area contributed by atoms with Gasteiger partial charge in [-0.25, -0.2) is 0 Å². The first-order chi connectivity index (χ1) is 5.33. The molecule has 0 fully saturated rings. The van der Waals surface area contributed by atoms with Crippen LogP contribution in [0.25, 0.3) is 0 Å². The van der Waals surface area contributed by atoms with Crippen LogP contribution in [-0.2, 0) is 9.53 Å². The molecular formula is C6H6Cl3IO2. The van der Waals surface area contributed by atoms with Crippen molar-refractivity contribution in [3.63, 3.8) is 0 Å². The summed E-state index contributed by atoms with van der Waals surface area (Å²) in [5.41, 5.74) is 0.352. The molecule has 12 heavy (non-hydrogen) atoms. The highest BCUT2D eigenvalue weighted by Gasteiger charge is 2.19. The number of halogens is 4. The summed E-state index contributed by atoms with van der Waals surface area (Å²) in [5.74, 6) is 0. The summed E-state index contributed by atoms with van der Waals surface area (Å²) in [6.45, 7) is 3.50. The van der Waals surface area contributed by atoms with Crippen molar-refractivity contribution in [3.05, 3.63) is 12.2 Å². The van der Waals surface area contributed by atoms with Gasteiger partial charge in [0.25, 0.3) is 0 Å². The number of ether oxygens (including phenoxy) is 1. The fourth-order valence-electron chi connectivity index (χ4n) is 0.347. The maximum atomic E-state index is 10.6. The van der Waals surface area contributed by atoms with E-state index in [2.05, 4.69) is 6.58 Å². The average molecular weight is 343 g/mol. The Morgan fingerprint density at radius 3 is 2.33 bits per heavy atom. The van der Waals surface area contributed by atoms with Gasteiger partial charge in [-0.3, -0.25) is 4.79 Å². The van der Waals surface area contributed by atoms with Crippen LogP contribution in [0, 0.1) is 0 Å². The van der Waals surface area contributed by atoms with Crippen LogP contribution >= 0.6 is 57.4 Å². The van der Waals surface area contributed by atoms with Crippen LogP contribution in [-0.4, -0.2) is 20.8 Å². The average Bonchev–Trinajstić information content (AvgIpc) is 1.84. The van der Waals surface area contributed by atoms with Crippen molar-refractivity contribution >= 4 is 61.2 Å². The first-order valence-corrected chi connectivity index (χ1v) is 5.06. The lowest BCUT2D eigenvalue weighted by molar-refractivity contribution is -0.106. The molecule has 0 atom stereocenters. The maximum absolute atomic E-state index is 10.6. The van der Waals surface area contributed by atoms with E-state index in [0.29, 0.717) is 5.57 Å². The number of rotatable bonds is 4. The van der Waals surface area contributed by atoms with Crippen LogP contribution in [0.2, 0.25) is 0 Å². The standard InChI is InChI=1S/C6H6Cl3IO2/c1-4(5(10)11)2-12-3-6(7,8)9/h1-3H2. The normalized spacial score (nSPS) is 11.3. The summed E-state index contributed by atoms with van der Waals surface area (Å²) < 4.78 is 3.31. The predicted octanol–water partition coefficient (Wildman–Crippen LogP) is 2.89. The van der Waals surface area contributed by atoms with Crippen LogP contribution in [0.4, 0.5) is 0 Å². The monoisotopic (exact) mass is 342 g/mol. The van der Waals surface area contributed by atoms with E-state index in [1.54, 1.807) is 22.6 Å². The van der Waals surface area contributed by atoms with Crippen molar-refractivity contribution in [1.29, 1.82) is 0 Å². The number of hydrogen-bond acceptors (Lipinski definition) is 2. The molecule has 0 bridgehead atoms. The molecular weight excluding hydrogens is 337 g/mol. The molecule has 6 heteroatoms. The first-order valence-electron chi connectivity index (χ1n) is 2.85. The van der Waals surface area contributed by atoms with Crippen LogP contribution in [0.15, 0.2) is 12.2 Å². The van der Waals surface area contributed by atoms with E-state index < -0.39 is 3.79 Å². The zero-order valence-corrected chi connectivity index (χ0v) is 10.4. The molecule has 70 valence electrons. The third-order valence-electron chi connectivity index (χ3n) is 0.820. The fourth-order valence-corrected chi connectivity index (χ4v) is 0.734. The largest absolute Gasteiger partial charge is 0.372 e. The van der Waals surface area contributed by atoms with E-state index in [1.807, 2.05) is 0 Å². The van der Waals surface area contributed by atoms with Crippen LogP contribution in [0.1, 0.15) is 0 Å². The zero-order chi connectivity index (χ0) is 9.78. The Bertz CT molecular complexity index is 188. The van der Waals surface area contributed by atoms with Gasteiger partial charge >= 0.3 is 0 Å². The van der Waals surface area contributed by atoms with Gasteiger partial charge in [-0.15, -0.1) is 0 Å². The van der Waals surface area contributed by atoms with E-state index in [9.17, 15) is 4.79 Å². The molecule has 0 amide bonds. The number of carbonyl (C=O) groups is 1. The van der Waals surface area contributed by atoms with E-state index in [-0.39, 0.29) is 17.0 Å². The molecule has 0 aromatic rings. The Labute approximate surface area is 99.3 Å². The minimum Gasteiger partial charge on any atom is -0.372 e. The van der Waals surface area contributed by atoms with Gasteiger partial charge in [0.15, 0.2) is 0 Å². The minimum atomic E-state index is -1.44. The van der Waals surface area contributed by atoms with E-state index in [0.717, 1.165) is 0 Å². The third-order valence-corrected chi connectivity index (χ3v) is 1.91. The van der Waals surface area contributed by atoms with E-state index in [1.165, 1.54) is 0 Å². The van der Waals surface area contributed by atoms with Gasteiger partial charge < -0.3 is 4.74 Å². The Balaban J connectivity index is 3.58. The summed E-state index contributed by atoms with van der Waals surface area (Å²) in [6, 6.07) is 0. The molecule has 0 aromatic carbocycles. The molecule has 0 aliphatic heterocycles. The maximum Gasteiger partial charge on any atom is 0.220 e. The molecule has 2 nitrogen and oxygen atoms in total. The van der Waals surface area contributed by atoms with Gasteiger partial charge in [-0.2, -0.15) is 0 Å². The number of carbonyl (C=O) groups excluding carboxylic acids is 1. The van der Waals surface area contributed by atoms with Crippen molar-refractivity contribution in [1.82, 2.24) is 0 Å². The highest BCUT2D eigenvalue weighted by atomic mass is 127. The van der Waals surface area contributed by atoms with Crippen LogP contribution in [0.3, 0.4) is 0 Å². The highest BCUT2D eigenvalue weighted by molar-refractivity contribution is 14.1. The van der Waals surface area contributed by atoms with Crippen molar-refractivity contribution in [2.45, 2.75) is 3.79 Å². The summed E-state index contributed by atoms with van der Waals surface area (Å²) in [4.78, 5) is 10.6. The third kappa shape index (κ3) is 7.61. The molecule has 0 heterocycles. The molecule has 0 N–H and O–H groups in total. The van der Waals surface area contributed by atoms with E-state index in [4.69, 9.17) is 39.5 Å². The number of hydrogen-bond donors (Lipinski definition) is 0. The lowest BCUT2D eigenvalue weighted by Crippen LogP contribution is -2.15. The molecule has 0 spiro atoms. The summed E-state index contributed by atoms with van der Waals surface area (Å²) in [5, 5.41) is 0. The Morgan fingerprint density at radius 1 is 1.50 bits per heavy atom. The van der Waals surface area contributed by atoms with Gasteiger partial charge in [0, 0.05) is 28.2 Å². The van der Waals surface area contributed by atoms with Gasteiger partial charge in [0.2, 0.25) is 7.58 Å². The molecule has 0 saturated heterocycles. The van der Waals surface area contributed by atoms with Crippen LogP contribution in [0.5, 0.6) is 0 Å². The molecule has 0 unspecified atom stereocenters. The van der Waals surface area contributed by atoms with Gasteiger partial charge in [-0.05, 0) is 0 Å². The summed E-state index contributed by atoms with van der Waals surface area (Å²) in [6.07, 6.45) is 0. The predicted molar refractivity (Wildman–Crippen MR) is 59.3 cm³/mol.